The van der Waals surface area contributed by atoms with E-state index >= 15 is 0 Å². The number of carboxylic acid groups (broad SMARTS) is 1. The van der Waals surface area contributed by atoms with Gasteiger partial charge in [0.15, 0.2) is 0 Å². The molecule has 0 aromatic heterocycles. The molecule has 0 bridgehead atoms. The van der Waals surface area contributed by atoms with Crippen LogP contribution in [0.4, 0.5) is 0 Å². The monoisotopic (exact) mass is 386 g/mol. The fourth-order valence-electron chi connectivity index (χ4n) is 2.62. The summed E-state index contributed by atoms with van der Waals surface area (Å²) >= 11 is 3.20. The molecule has 2 atom stereocenters. The van der Waals surface area contributed by atoms with Crippen molar-refractivity contribution in [3.8, 4) is 6.07 Å². The molecule has 6 nitrogen and oxygen atoms in total. The van der Waals surface area contributed by atoms with Crippen LogP contribution >= 0.6 is 15.9 Å². The van der Waals surface area contributed by atoms with Crippen molar-refractivity contribution in [3.05, 3.63) is 28.2 Å². The summed E-state index contributed by atoms with van der Waals surface area (Å²) in [6, 6.07) is 6.27. The second kappa shape index (κ2) is 6.36. The molecule has 2 rings (SSSR count). The molecule has 1 saturated heterocycles. The lowest BCUT2D eigenvalue weighted by Crippen LogP contribution is -2.45. The van der Waals surface area contributed by atoms with Crippen molar-refractivity contribution in [2.45, 2.75) is 18.2 Å². The Labute approximate surface area is 137 Å². The zero-order chi connectivity index (χ0) is 16.5. The minimum absolute atomic E-state index is 0.0494. The fourth-order valence-corrected chi connectivity index (χ4v) is 4.90. The number of aliphatic carboxylic acids is 1. The quantitative estimate of drug-likeness (QED) is 0.856. The van der Waals surface area contributed by atoms with Gasteiger partial charge in [0.1, 0.15) is 11.0 Å². The van der Waals surface area contributed by atoms with E-state index < -0.39 is 21.9 Å². The highest BCUT2D eigenvalue weighted by molar-refractivity contribution is 9.10. The Morgan fingerprint density at radius 2 is 2.14 bits per heavy atom. The molecule has 0 radical (unpaired) electrons. The number of piperidine rings is 1. The molecule has 1 N–H and O–H groups in total. The first-order valence-electron chi connectivity index (χ1n) is 6.68. The van der Waals surface area contributed by atoms with E-state index in [1.54, 1.807) is 6.07 Å². The fraction of sp³-hybridized carbons (Fsp3) is 0.429. The predicted octanol–water partition coefficient (Wildman–Crippen LogP) is 2.05. The molecule has 1 aromatic rings. The van der Waals surface area contributed by atoms with Crippen LogP contribution in [0.15, 0.2) is 27.6 Å². The largest absolute Gasteiger partial charge is 0.481 e. The van der Waals surface area contributed by atoms with E-state index in [1.807, 2.05) is 13.0 Å². The molecule has 2 unspecified atom stereocenters. The first-order chi connectivity index (χ1) is 10.3. The highest BCUT2D eigenvalue weighted by Crippen LogP contribution is 2.29. The van der Waals surface area contributed by atoms with Gasteiger partial charge in [0, 0.05) is 17.6 Å². The van der Waals surface area contributed by atoms with Gasteiger partial charge in [-0.1, -0.05) is 22.9 Å². The number of carbonyl (C=O) groups is 1. The zero-order valence-electron chi connectivity index (χ0n) is 11.9. The van der Waals surface area contributed by atoms with Crippen molar-refractivity contribution in [1.29, 1.82) is 5.26 Å². The molecule has 8 heteroatoms. The van der Waals surface area contributed by atoms with Gasteiger partial charge >= 0.3 is 5.97 Å². The molecule has 22 heavy (non-hydrogen) atoms. The summed E-state index contributed by atoms with van der Waals surface area (Å²) in [7, 11) is -3.91. The topological polar surface area (TPSA) is 98.5 Å². The first kappa shape index (κ1) is 16.9. The third-order valence-electron chi connectivity index (χ3n) is 3.66. The third-order valence-corrected chi connectivity index (χ3v) is 6.02. The summed E-state index contributed by atoms with van der Waals surface area (Å²) < 4.78 is 27.3. The molecule has 1 aliphatic heterocycles. The van der Waals surface area contributed by atoms with E-state index in [0.29, 0.717) is 10.9 Å². The van der Waals surface area contributed by atoms with Crippen molar-refractivity contribution in [3.63, 3.8) is 0 Å². The second-order valence-corrected chi connectivity index (χ2v) is 8.27. The summed E-state index contributed by atoms with van der Waals surface area (Å²) in [6.45, 7) is 2.01. The summed E-state index contributed by atoms with van der Waals surface area (Å²) in [5, 5.41) is 18.3. The second-order valence-electron chi connectivity index (χ2n) is 5.45. The Balaban J connectivity index is 2.44. The molecule has 0 spiro atoms. The van der Waals surface area contributed by atoms with E-state index in [4.69, 9.17) is 5.26 Å². The van der Waals surface area contributed by atoms with Crippen LogP contribution < -0.4 is 0 Å². The molecular formula is C14H15BrN2O4S. The maximum absolute atomic E-state index is 12.8. The minimum Gasteiger partial charge on any atom is -0.481 e. The standard InChI is InChI=1S/C14H15BrN2O4S/c1-9-4-11(14(18)19)8-17(7-9)22(20,21)13-5-12(15)3-2-10(13)6-16/h2-3,5,9,11H,4,7-8H2,1H3,(H,18,19). The van der Waals surface area contributed by atoms with Crippen molar-refractivity contribution in [2.24, 2.45) is 11.8 Å². The predicted molar refractivity (Wildman–Crippen MR) is 82.5 cm³/mol. The number of nitriles is 1. The highest BCUT2D eigenvalue weighted by Gasteiger charge is 2.37. The summed E-state index contributed by atoms with van der Waals surface area (Å²) in [5.74, 6) is -1.78. The van der Waals surface area contributed by atoms with Crippen molar-refractivity contribution < 1.29 is 18.3 Å². The molecular weight excluding hydrogens is 372 g/mol. The lowest BCUT2D eigenvalue weighted by Gasteiger charge is -2.33. The summed E-state index contributed by atoms with van der Waals surface area (Å²) in [5.41, 5.74) is 0.0494. The average molecular weight is 387 g/mol. The van der Waals surface area contributed by atoms with Gasteiger partial charge in [-0.15, -0.1) is 0 Å². The van der Waals surface area contributed by atoms with Crippen LogP contribution in [0.5, 0.6) is 0 Å². The Morgan fingerprint density at radius 3 is 2.73 bits per heavy atom. The SMILES string of the molecule is CC1CC(C(=O)O)CN(S(=O)(=O)c2cc(Br)ccc2C#N)C1. The van der Waals surface area contributed by atoms with Gasteiger partial charge in [0.25, 0.3) is 0 Å². The van der Waals surface area contributed by atoms with E-state index in [1.165, 1.54) is 16.4 Å². The maximum Gasteiger partial charge on any atom is 0.307 e. The van der Waals surface area contributed by atoms with Crippen LogP contribution in [0.2, 0.25) is 0 Å². The van der Waals surface area contributed by atoms with E-state index in [0.717, 1.165) is 0 Å². The lowest BCUT2D eigenvalue weighted by atomic mass is 9.92. The number of benzene rings is 1. The lowest BCUT2D eigenvalue weighted by molar-refractivity contribution is -0.143. The number of halogens is 1. The summed E-state index contributed by atoms with van der Waals surface area (Å²) in [6.07, 6.45) is 0.449. The Morgan fingerprint density at radius 1 is 1.45 bits per heavy atom. The first-order valence-corrected chi connectivity index (χ1v) is 8.91. The number of hydrogen-bond donors (Lipinski definition) is 1. The van der Waals surface area contributed by atoms with Gasteiger partial charge in [0.05, 0.1) is 11.5 Å². The van der Waals surface area contributed by atoms with Gasteiger partial charge in [-0.2, -0.15) is 9.57 Å². The smallest absolute Gasteiger partial charge is 0.307 e. The van der Waals surface area contributed by atoms with Gasteiger partial charge in [0.2, 0.25) is 10.0 Å². The molecule has 0 aliphatic carbocycles. The number of carboxylic acids is 1. The molecule has 0 amide bonds. The number of hydrogen-bond acceptors (Lipinski definition) is 4. The van der Waals surface area contributed by atoms with Crippen molar-refractivity contribution in [2.75, 3.05) is 13.1 Å². The normalized spacial score (nSPS) is 23.0. The van der Waals surface area contributed by atoms with Gasteiger partial charge in [-0.3, -0.25) is 4.79 Å². The molecule has 1 heterocycles. The number of rotatable bonds is 3. The highest BCUT2D eigenvalue weighted by atomic mass is 79.9. The molecule has 1 aromatic carbocycles. The zero-order valence-corrected chi connectivity index (χ0v) is 14.3. The maximum atomic E-state index is 12.8. The van der Waals surface area contributed by atoms with E-state index in [2.05, 4.69) is 15.9 Å². The van der Waals surface area contributed by atoms with Crippen LogP contribution in [0, 0.1) is 23.2 Å². The number of sulfonamides is 1. The molecule has 1 aliphatic rings. The van der Waals surface area contributed by atoms with Gasteiger partial charge in [-0.25, -0.2) is 8.42 Å². The van der Waals surface area contributed by atoms with Crippen molar-refractivity contribution in [1.82, 2.24) is 4.31 Å². The Kier molecular flexibility index (Phi) is 4.90. The number of nitrogens with zero attached hydrogens (tertiary/aromatic N) is 2. The van der Waals surface area contributed by atoms with Gasteiger partial charge in [-0.05, 0) is 30.5 Å². The van der Waals surface area contributed by atoms with Crippen molar-refractivity contribution >= 4 is 31.9 Å². The van der Waals surface area contributed by atoms with Crippen LogP contribution in [-0.2, 0) is 14.8 Å². The van der Waals surface area contributed by atoms with Gasteiger partial charge < -0.3 is 5.11 Å². The molecule has 0 saturated carbocycles. The third kappa shape index (κ3) is 3.32. The van der Waals surface area contributed by atoms with Crippen LogP contribution in [0.3, 0.4) is 0 Å². The summed E-state index contributed by atoms with van der Waals surface area (Å²) in [4.78, 5) is 11.1. The van der Waals surface area contributed by atoms with Crippen LogP contribution in [-0.4, -0.2) is 36.9 Å². The molecule has 1 fully saturated rings. The van der Waals surface area contributed by atoms with E-state index in [9.17, 15) is 18.3 Å². The molecule has 118 valence electrons. The average Bonchev–Trinajstić information content (AvgIpc) is 2.46. The van der Waals surface area contributed by atoms with E-state index in [-0.39, 0.29) is 29.5 Å². The Bertz CT molecular complexity index is 742. The van der Waals surface area contributed by atoms with Crippen LogP contribution in [0.25, 0.3) is 0 Å². The Hall–Kier alpha value is -1.43. The van der Waals surface area contributed by atoms with Crippen LogP contribution in [0.1, 0.15) is 18.9 Å². The minimum atomic E-state index is -3.91.